The lowest BCUT2D eigenvalue weighted by atomic mass is 10.1. The standard InChI is InChI=1S/C17H16N4O.C9H10N4.C8H8O2/c22-17(12-14-4-2-1-3-5-14)19-16-8-11-21(20-16)13-15-6-9-18-10-7-15;10-9-3-6-13(12-9)7-8-1-4-11-5-2-8;9-8(10)6-7-4-2-1-3-5-7/h1-11H,12-13H2,(H,19,20,22);1-6H,7H2,(H2,10,12);1-5H,6H2,(H,9,10). The minimum atomic E-state index is -0.786. The van der Waals surface area contributed by atoms with Gasteiger partial charge in [-0.3, -0.25) is 28.9 Å². The average Bonchev–Trinajstić information content (AvgIpc) is 3.67. The van der Waals surface area contributed by atoms with Crippen LogP contribution in [0.5, 0.6) is 0 Å². The van der Waals surface area contributed by atoms with Gasteiger partial charge in [-0.05, 0) is 52.6 Å². The van der Waals surface area contributed by atoms with Gasteiger partial charge in [-0.2, -0.15) is 10.2 Å². The smallest absolute Gasteiger partial charge is 0.307 e. The van der Waals surface area contributed by atoms with Crippen molar-refractivity contribution >= 4 is 23.5 Å². The predicted molar refractivity (Wildman–Crippen MR) is 172 cm³/mol. The maximum atomic E-state index is 12.0. The van der Waals surface area contributed by atoms with Crippen molar-refractivity contribution < 1.29 is 14.7 Å². The van der Waals surface area contributed by atoms with Gasteiger partial charge < -0.3 is 16.2 Å². The Labute approximate surface area is 261 Å². The topological polar surface area (TPSA) is 154 Å². The molecule has 0 aliphatic rings. The van der Waals surface area contributed by atoms with Gasteiger partial charge >= 0.3 is 5.97 Å². The van der Waals surface area contributed by atoms with Crippen LogP contribution in [0.4, 0.5) is 11.6 Å². The van der Waals surface area contributed by atoms with Gasteiger partial charge in [0.25, 0.3) is 0 Å². The fraction of sp³-hybridized carbons (Fsp3) is 0.118. The third kappa shape index (κ3) is 12.0. The van der Waals surface area contributed by atoms with Crippen LogP contribution in [0.15, 0.2) is 134 Å². The Hall–Kier alpha value is -6.10. The molecule has 4 N–H and O–H groups in total. The summed E-state index contributed by atoms with van der Waals surface area (Å²) in [5.41, 5.74) is 9.59. The van der Waals surface area contributed by atoms with E-state index in [1.165, 1.54) is 0 Å². The zero-order valence-electron chi connectivity index (χ0n) is 24.6. The molecule has 6 aromatic rings. The summed E-state index contributed by atoms with van der Waals surface area (Å²) in [6, 6.07) is 30.1. The van der Waals surface area contributed by atoms with Gasteiger partial charge in [0, 0.05) is 43.2 Å². The quantitative estimate of drug-likeness (QED) is 0.215. The first-order chi connectivity index (χ1) is 21.9. The van der Waals surface area contributed by atoms with Crippen molar-refractivity contribution in [3.05, 3.63) is 156 Å². The predicted octanol–water partition coefficient (Wildman–Crippen LogP) is 4.73. The number of carbonyl (C=O) groups excluding carboxylic acids is 1. The molecule has 6 rings (SSSR count). The number of carbonyl (C=O) groups is 2. The van der Waals surface area contributed by atoms with Crippen LogP contribution >= 0.6 is 0 Å². The lowest BCUT2D eigenvalue weighted by Gasteiger charge is -2.03. The van der Waals surface area contributed by atoms with E-state index in [4.69, 9.17) is 10.8 Å². The zero-order chi connectivity index (χ0) is 31.7. The van der Waals surface area contributed by atoms with Crippen LogP contribution in [0.1, 0.15) is 22.3 Å². The van der Waals surface area contributed by atoms with Gasteiger partial charge in [0.15, 0.2) is 5.82 Å². The highest BCUT2D eigenvalue weighted by atomic mass is 16.4. The van der Waals surface area contributed by atoms with Gasteiger partial charge in [-0.1, -0.05) is 60.7 Å². The molecule has 1 amide bonds. The Bertz CT molecular complexity index is 1720. The first kappa shape index (κ1) is 31.8. The number of hydrogen-bond acceptors (Lipinski definition) is 7. The number of amides is 1. The molecule has 0 saturated heterocycles. The number of nitrogen functional groups attached to an aromatic ring is 1. The SMILES string of the molecule is Nc1ccn(Cc2ccncc2)n1.O=C(Cc1ccccc1)Nc1ccn(Cc2ccncc2)n1.O=C(O)Cc1ccccc1. The lowest BCUT2D eigenvalue weighted by Crippen LogP contribution is -2.15. The molecule has 0 atom stereocenters. The number of carboxylic acid groups (broad SMARTS) is 1. The van der Waals surface area contributed by atoms with Crippen LogP contribution < -0.4 is 11.1 Å². The maximum absolute atomic E-state index is 12.0. The second kappa shape index (κ2) is 17.1. The Morgan fingerprint density at radius 1 is 0.622 bits per heavy atom. The number of benzene rings is 2. The molecule has 11 heteroatoms. The van der Waals surface area contributed by atoms with Crippen LogP contribution in [0.2, 0.25) is 0 Å². The van der Waals surface area contributed by atoms with Crippen LogP contribution in [-0.2, 0) is 35.5 Å². The summed E-state index contributed by atoms with van der Waals surface area (Å²) < 4.78 is 3.58. The number of carboxylic acids is 1. The average molecular weight is 603 g/mol. The summed E-state index contributed by atoms with van der Waals surface area (Å²) >= 11 is 0. The number of aliphatic carboxylic acids is 1. The molecule has 4 aromatic heterocycles. The number of anilines is 2. The molecule has 0 bridgehead atoms. The molecule has 45 heavy (non-hydrogen) atoms. The van der Waals surface area contributed by atoms with Crippen LogP contribution in [0, 0.1) is 0 Å². The van der Waals surface area contributed by atoms with E-state index < -0.39 is 5.97 Å². The summed E-state index contributed by atoms with van der Waals surface area (Å²) in [6.45, 7) is 1.39. The van der Waals surface area contributed by atoms with Gasteiger partial charge in [0.05, 0.1) is 25.9 Å². The first-order valence-corrected chi connectivity index (χ1v) is 14.1. The number of nitrogens with zero attached hydrogens (tertiary/aromatic N) is 6. The highest BCUT2D eigenvalue weighted by Crippen LogP contribution is 2.08. The number of aromatic nitrogens is 6. The van der Waals surface area contributed by atoms with E-state index in [2.05, 4.69) is 25.5 Å². The Morgan fingerprint density at radius 3 is 1.60 bits per heavy atom. The molecular weight excluding hydrogens is 568 g/mol. The molecule has 0 spiro atoms. The Morgan fingerprint density at radius 2 is 1.11 bits per heavy atom. The fourth-order valence-electron chi connectivity index (χ4n) is 4.07. The second-order valence-electron chi connectivity index (χ2n) is 9.81. The van der Waals surface area contributed by atoms with Crippen molar-refractivity contribution in [2.45, 2.75) is 25.9 Å². The van der Waals surface area contributed by atoms with Gasteiger partial charge in [0.1, 0.15) is 5.82 Å². The molecule has 0 fully saturated rings. The molecule has 0 radical (unpaired) electrons. The highest BCUT2D eigenvalue weighted by molar-refractivity contribution is 5.91. The Kier molecular flexibility index (Phi) is 12.1. The number of nitrogens with one attached hydrogen (secondary N) is 1. The third-order valence-corrected chi connectivity index (χ3v) is 6.16. The van der Waals surface area contributed by atoms with Gasteiger partial charge in [-0.25, -0.2) is 0 Å². The maximum Gasteiger partial charge on any atom is 0.307 e. The first-order valence-electron chi connectivity index (χ1n) is 14.1. The van der Waals surface area contributed by atoms with E-state index in [0.717, 1.165) is 28.8 Å². The van der Waals surface area contributed by atoms with E-state index in [-0.39, 0.29) is 12.3 Å². The van der Waals surface area contributed by atoms with E-state index in [0.29, 0.717) is 24.6 Å². The van der Waals surface area contributed by atoms with E-state index >= 15 is 0 Å². The van der Waals surface area contributed by atoms with Crippen LogP contribution in [0.25, 0.3) is 0 Å². The van der Waals surface area contributed by atoms with Gasteiger partial charge in [0.2, 0.25) is 5.91 Å². The molecule has 0 unspecified atom stereocenters. The van der Waals surface area contributed by atoms with Gasteiger partial charge in [-0.15, -0.1) is 0 Å². The number of pyridine rings is 2. The lowest BCUT2D eigenvalue weighted by molar-refractivity contribution is -0.136. The summed E-state index contributed by atoms with van der Waals surface area (Å²) in [5.74, 6) is 0.260. The van der Waals surface area contributed by atoms with Crippen LogP contribution in [-0.4, -0.2) is 46.5 Å². The normalized spacial score (nSPS) is 10.0. The largest absolute Gasteiger partial charge is 0.481 e. The highest BCUT2D eigenvalue weighted by Gasteiger charge is 2.06. The molecule has 4 heterocycles. The molecule has 0 aliphatic carbocycles. The fourth-order valence-corrected chi connectivity index (χ4v) is 4.07. The monoisotopic (exact) mass is 602 g/mol. The van der Waals surface area contributed by atoms with E-state index in [1.54, 1.807) is 58.4 Å². The zero-order valence-corrected chi connectivity index (χ0v) is 24.6. The molecule has 11 nitrogen and oxygen atoms in total. The Balaban J connectivity index is 0.000000170. The summed E-state index contributed by atoms with van der Waals surface area (Å²) in [7, 11) is 0. The summed E-state index contributed by atoms with van der Waals surface area (Å²) in [4.78, 5) is 30.1. The van der Waals surface area contributed by atoms with Crippen molar-refractivity contribution in [2.24, 2.45) is 0 Å². The minimum absolute atomic E-state index is 0.0691. The van der Waals surface area contributed by atoms with Crippen molar-refractivity contribution in [3.63, 3.8) is 0 Å². The minimum Gasteiger partial charge on any atom is -0.481 e. The second-order valence-corrected chi connectivity index (χ2v) is 9.81. The summed E-state index contributed by atoms with van der Waals surface area (Å²) in [6.07, 6.45) is 11.2. The molecule has 2 aromatic carbocycles. The van der Waals surface area contributed by atoms with Crippen molar-refractivity contribution in [1.82, 2.24) is 29.5 Å². The number of rotatable bonds is 9. The molecule has 228 valence electrons. The molecular formula is C34H34N8O3. The van der Waals surface area contributed by atoms with Crippen LogP contribution in [0.3, 0.4) is 0 Å². The summed E-state index contributed by atoms with van der Waals surface area (Å²) in [5, 5.41) is 19.6. The third-order valence-electron chi connectivity index (χ3n) is 6.16. The van der Waals surface area contributed by atoms with Crippen molar-refractivity contribution in [2.75, 3.05) is 11.1 Å². The number of hydrogen-bond donors (Lipinski definition) is 3. The van der Waals surface area contributed by atoms with E-state index in [1.807, 2.05) is 85.2 Å². The number of nitrogens with two attached hydrogens (primary N) is 1. The molecule has 0 aliphatic heterocycles. The van der Waals surface area contributed by atoms with Crippen molar-refractivity contribution in [1.29, 1.82) is 0 Å². The van der Waals surface area contributed by atoms with E-state index in [9.17, 15) is 9.59 Å². The molecule has 0 saturated carbocycles. The van der Waals surface area contributed by atoms with Crippen molar-refractivity contribution in [3.8, 4) is 0 Å².